The van der Waals surface area contributed by atoms with Gasteiger partial charge in [0.25, 0.3) is 0 Å². The molecule has 1 aromatic rings. The van der Waals surface area contributed by atoms with E-state index in [0.717, 1.165) is 19.3 Å². The van der Waals surface area contributed by atoms with E-state index in [2.05, 4.69) is 10.2 Å². The van der Waals surface area contributed by atoms with Crippen molar-refractivity contribution in [3.8, 4) is 11.8 Å². The highest BCUT2D eigenvalue weighted by molar-refractivity contribution is 5.80. The number of amides is 2. The first kappa shape index (κ1) is 17.4. The Morgan fingerprint density at radius 1 is 1.04 bits per heavy atom. The lowest BCUT2D eigenvalue weighted by Gasteiger charge is -2.32. The lowest BCUT2D eigenvalue weighted by atomic mass is 9.95. The monoisotopic (exact) mass is 348 g/mol. The van der Waals surface area contributed by atoms with E-state index in [-0.39, 0.29) is 23.8 Å². The van der Waals surface area contributed by atoms with E-state index in [1.165, 1.54) is 7.11 Å². The predicted octanol–water partition coefficient (Wildman–Crippen LogP) is 0.723. The molecule has 0 bridgehead atoms. The molecule has 0 unspecified atom stereocenters. The molecule has 0 saturated carbocycles. The minimum atomic E-state index is -0.0658. The summed E-state index contributed by atoms with van der Waals surface area (Å²) >= 11 is 0. The molecule has 136 valence electrons. The van der Waals surface area contributed by atoms with Crippen molar-refractivity contribution in [2.24, 2.45) is 5.92 Å². The van der Waals surface area contributed by atoms with Gasteiger partial charge in [0.15, 0.2) is 0 Å². The highest BCUT2D eigenvalue weighted by atomic mass is 16.5. The number of hydrogen-bond acceptors (Lipinski definition) is 6. The summed E-state index contributed by atoms with van der Waals surface area (Å²) in [6.45, 7) is 4.17. The maximum atomic E-state index is 12.7. The van der Waals surface area contributed by atoms with Crippen LogP contribution in [0.25, 0.3) is 0 Å². The molecule has 2 aliphatic heterocycles. The van der Waals surface area contributed by atoms with Gasteiger partial charge in [0, 0.05) is 51.0 Å². The van der Waals surface area contributed by atoms with Crippen LogP contribution in [0.4, 0.5) is 0 Å². The Bertz CT molecular complexity index is 614. The normalized spacial score (nSPS) is 21.3. The van der Waals surface area contributed by atoms with Gasteiger partial charge in [0.1, 0.15) is 6.10 Å². The molecule has 1 atom stereocenters. The summed E-state index contributed by atoms with van der Waals surface area (Å²) in [5.74, 6) is 1.15. The van der Waals surface area contributed by atoms with Crippen LogP contribution < -0.4 is 9.47 Å². The summed E-state index contributed by atoms with van der Waals surface area (Å²) in [4.78, 5) is 27.7. The molecular weight excluding hydrogens is 324 g/mol. The SMILES string of the molecule is COc1ccc(O[C@@H]2CCN(C(=O)C3CCN(C(C)=O)CC3)C2)nn1. The van der Waals surface area contributed by atoms with Crippen molar-refractivity contribution < 1.29 is 19.1 Å². The van der Waals surface area contributed by atoms with E-state index >= 15 is 0 Å². The molecule has 2 aliphatic rings. The van der Waals surface area contributed by atoms with Gasteiger partial charge in [-0.15, -0.1) is 10.2 Å². The number of hydrogen-bond donors (Lipinski definition) is 0. The number of carbonyl (C=O) groups excluding carboxylic acids is 2. The molecular formula is C17H24N4O4. The van der Waals surface area contributed by atoms with Crippen molar-refractivity contribution in [3.05, 3.63) is 12.1 Å². The lowest BCUT2D eigenvalue weighted by molar-refractivity contribution is -0.139. The van der Waals surface area contributed by atoms with Crippen LogP contribution in [0.15, 0.2) is 12.1 Å². The van der Waals surface area contributed by atoms with E-state index in [1.807, 2.05) is 9.80 Å². The molecule has 0 spiro atoms. The van der Waals surface area contributed by atoms with Crippen molar-refractivity contribution >= 4 is 11.8 Å². The Kier molecular flexibility index (Phi) is 5.35. The van der Waals surface area contributed by atoms with Gasteiger partial charge in [-0.1, -0.05) is 0 Å². The third-order valence-corrected chi connectivity index (χ3v) is 4.86. The van der Waals surface area contributed by atoms with E-state index in [9.17, 15) is 9.59 Å². The van der Waals surface area contributed by atoms with Crippen molar-refractivity contribution in [1.82, 2.24) is 20.0 Å². The first-order valence-corrected chi connectivity index (χ1v) is 8.65. The number of nitrogens with zero attached hydrogens (tertiary/aromatic N) is 4. The highest BCUT2D eigenvalue weighted by Crippen LogP contribution is 2.24. The maximum absolute atomic E-state index is 12.7. The van der Waals surface area contributed by atoms with Gasteiger partial charge in [-0.3, -0.25) is 9.59 Å². The van der Waals surface area contributed by atoms with Crippen LogP contribution in [-0.4, -0.2) is 71.2 Å². The van der Waals surface area contributed by atoms with Gasteiger partial charge in [-0.05, 0) is 12.8 Å². The second-order valence-electron chi connectivity index (χ2n) is 6.51. The first-order valence-electron chi connectivity index (χ1n) is 8.65. The van der Waals surface area contributed by atoms with Gasteiger partial charge >= 0.3 is 0 Å². The van der Waals surface area contributed by atoms with Crippen molar-refractivity contribution in [3.63, 3.8) is 0 Å². The zero-order valence-electron chi connectivity index (χ0n) is 14.7. The zero-order valence-corrected chi connectivity index (χ0v) is 14.7. The molecule has 3 rings (SSSR count). The van der Waals surface area contributed by atoms with E-state index in [0.29, 0.717) is 37.9 Å². The molecule has 8 nitrogen and oxygen atoms in total. The number of piperidine rings is 1. The molecule has 25 heavy (non-hydrogen) atoms. The summed E-state index contributed by atoms with van der Waals surface area (Å²) in [7, 11) is 1.53. The summed E-state index contributed by atoms with van der Waals surface area (Å²) in [6.07, 6.45) is 2.20. The van der Waals surface area contributed by atoms with Crippen molar-refractivity contribution in [2.45, 2.75) is 32.3 Å². The average Bonchev–Trinajstić information content (AvgIpc) is 3.10. The lowest BCUT2D eigenvalue weighted by Crippen LogP contribution is -2.43. The fourth-order valence-electron chi connectivity index (χ4n) is 3.37. The van der Waals surface area contributed by atoms with Gasteiger partial charge in [0.2, 0.25) is 23.6 Å². The van der Waals surface area contributed by atoms with Crippen LogP contribution in [0.1, 0.15) is 26.2 Å². The van der Waals surface area contributed by atoms with Crippen molar-refractivity contribution in [1.29, 1.82) is 0 Å². The topological polar surface area (TPSA) is 84.9 Å². The predicted molar refractivity (Wildman–Crippen MR) is 89.2 cm³/mol. The number of likely N-dealkylation sites (tertiary alicyclic amines) is 2. The van der Waals surface area contributed by atoms with Gasteiger partial charge < -0.3 is 19.3 Å². The molecule has 2 amide bonds. The highest BCUT2D eigenvalue weighted by Gasteiger charge is 2.34. The van der Waals surface area contributed by atoms with Crippen LogP contribution in [0.5, 0.6) is 11.8 Å². The minimum Gasteiger partial charge on any atom is -0.480 e. The molecule has 3 heterocycles. The second-order valence-corrected chi connectivity index (χ2v) is 6.51. The third-order valence-electron chi connectivity index (χ3n) is 4.86. The second kappa shape index (κ2) is 7.67. The molecule has 0 aliphatic carbocycles. The van der Waals surface area contributed by atoms with E-state index < -0.39 is 0 Å². The Labute approximate surface area is 147 Å². The summed E-state index contributed by atoms with van der Waals surface area (Å²) in [6, 6.07) is 3.41. The fraction of sp³-hybridized carbons (Fsp3) is 0.647. The Balaban J connectivity index is 1.48. The summed E-state index contributed by atoms with van der Waals surface area (Å²) in [5, 5.41) is 7.84. The van der Waals surface area contributed by atoms with Crippen LogP contribution >= 0.6 is 0 Å². The summed E-state index contributed by atoms with van der Waals surface area (Å²) in [5.41, 5.74) is 0. The van der Waals surface area contributed by atoms with Gasteiger partial charge in [-0.2, -0.15) is 0 Å². The van der Waals surface area contributed by atoms with E-state index in [4.69, 9.17) is 9.47 Å². The van der Waals surface area contributed by atoms with Crippen LogP contribution in [0, 0.1) is 5.92 Å². The quantitative estimate of drug-likeness (QED) is 0.797. The molecule has 8 heteroatoms. The number of aromatic nitrogens is 2. The molecule has 0 N–H and O–H groups in total. The van der Waals surface area contributed by atoms with Gasteiger partial charge in [0.05, 0.1) is 13.7 Å². The Morgan fingerprint density at radius 3 is 2.28 bits per heavy atom. The van der Waals surface area contributed by atoms with Crippen molar-refractivity contribution in [2.75, 3.05) is 33.3 Å². The number of methoxy groups -OCH3 is 1. The molecule has 0 aromatic carbocycles. The van der Waals surface area contributed by atoms with E-state index in [1.54, 1.807) is 19.1 Å². The Hall–Kier alpha value is -2.38. The summed E-state index contributed by atoms with van der Waals surface area (Å²) < 4.78 is 10.8. The zero-order chi connectivity index (χ0) is 17.8. The Morgan fingerprint density at radius 2 is 1.68 bits per heavy atom. The molecule has 2 fully saturated rings. The standard InChI is InChI=1S/C17H24N4O4/c1-12(22)20-8-5-13(6-9-20)17(23)21-10-7-14(11-21)25-16-4-3-15(24-2)18-19-16/h3-4,13-14H,5-11H2,1-2H3/t14-/m1/s1. The number of ether oxygens (including phenoxy) is 2. The van der Waals surface area contributed by atoms with Gasteiger partial charge in [-0.25, -0.2) is 0 Å². The third kappa shape index (κ3) is 4.18. The minimum absolute atomic E-state index is 0.00938. The van der Waals surface area contributed by atoms with Crippen LogP contribution in [0.3, 0.4) is 0 Å². The largest absolute Gasteiger partial charge is 0.480 e. The number of rotatable bonds is 4. The molecule has 1 aromatic heterocycles. The molecule has 2 saturated heterocycles. The molecule has 0 radical (unpaired) electrons. The average molecular weight is 348 g/mol. The first-order chi connectivity index (χ1) is 12.1. The smallest absolute Gasteiger partial charge is 0.233 e. The van der Waals surface area contributed by atoms with Crippen LogP contribution in [-0.2, 0) is 9.59 Å². The maximum Gasteiger partial charge on any atom is 0.233 e. The van der Waals surface area contributed by atoms with Crippen LogP contribution in [0.2, 0.25) is 0 Å². The fourth-order valence-corrected chi connectivity index (χ4v) is 3.37. The number of carbonyl (C=O) groups is 2.